The van der Waals surface area contributed by atoms with Crippen LogP contribution in [0.5, 0.6) is 0 Å². The van der Waals surface area contributed by atoms with Gasteiger partial charge in [0.05, 0.1) is 22.8 Å². The van der Waals surface area contributed by atoms with E-state index in [4.69, 9.17) is 28.1 Å². The first-order valence-electron chi connectivity index (χ1n) is 45.7. The Hall–Kier alpha value is 1.69. The summed E-state index contributed by atoms with van der Waals surface area (Å²) in [5.74, 6) is 11.4. The maximum atomic E-state index is 6.86. The van der Waals surface area contributed by atoms with Crippen molar-refractivity contribution in [2.75, 3.05) is 0 Å². The first-order valence-corrected chi connectivity index (χ1v) is 92.7. The van der Waals surface area contributed by atoms with Crippen molar-refractivity contribution in [2.24, 2.45) is 59.2 Å². The number of fused-ring (bicyclic) bond motifs is 12. The summed E-state index contributed by atoms with van der Waals surface area (Å²) in [7, 11) is -2.10. The average molecular weight is 1850 g/mol. The number of benzene rings is 4. The topological polar surface area (TPSA) is 0 Å². The molecule has 0 amide bonds. The first kappa shape index (κ1) is 103. The molecule has 0 bridgehead atoms. The molecule has 0 radical (unpaired) electrons. The Morgan fingerprint density at radius 3 is 1.11 bits per heavy atom. The number of hydrogen-bond acceptors (Lipinski definition) is 0. The van der Waals surface area contributed by atoms with Crippen molar-refractivity contribution in [3.05, 3.63) is 146 Å². The van der Waals surface area contributed by atoms with Crippen molar-refractivity contribution in [3.63, 3.8) is 0 Å². The largest absolute Gasteiger partial charge is 1.00 e. The third kappa shape index (κ3) is 22.4. The molecule has 0 spiro atoms. The predicted molar refractivity (Wildman–Crippen MR) is 539 cm³/mol. The van der Waals surface area contributed by atoms with E-state index in [0.717, 1.165) is 70.3 Å². The molecule has 8 fully saturated rings. The molecule has 4 aromatic carbocycles. The molecule has 17 atom stereocenters. The van der Waals surface area contributed by atoms with Crippen LogP contribution in [-0.4, -0.2) is 84.3 Å². The van der Waals surface area contributed by atoms with Crippen LogP contribution in [0.4, 0.5) is 0 Å². The van der Waals surface area contributed by atoms with E-state index in [2.05, 4.69) is 279 Å². The third-order valence-corrected chi connectivity index (χ3v) is 121. The molecular formula is C97H167Cl3Li2Si11Zr+2. The summed E-state index contributed by atoms with van der Waals surface area (Å²) >= 11 is 6.03. The van der Waals surface area contributed by atoms with Crippen LogP contribution < -0.4 is 37.7 Å². The average Bonchev–Trinajstić information content (AvgIpc) is 1.58. The van der Waals surface area contributed by atoms with Crippen molar-refractivity contribution in [1.29, 1.82) is 0 Å². The van der Waals surface area contributed by atoms with Gasteiger partial charge in [-0.05, 0) is 199 Å². The Balaban J connectivity index is 0.000000207. The second-order valence-electron chi connectivity index (χ2n) is 47.1. The molecule has 17 heteroatoms. The van der Waals surface area contributed by atoms with E-state index in [1.807, 2.05) is 0 Å². The van der Waals surface area contributed by atoms with Gasteiger partial charge < -0.3 is 14.9 Å². The van der Waals surface area contributed by atoms with Gasteiger partial charge in [-0.15, -0.1) is 0 Å². The number of rotatable bonds is 17. The summed E-state index contributed by atoms with van der Waals surface area (Å²) in [6, 6.07) is 31.4. The van der Waals surface area contributed by atoms with Crippen LogP contribution in [0.1, 0.15) is 175 Å². The molecule has 4 aromatic rings. The Morgan fingerprint density at radius 2 is 0.728 bits per heavy atom. The summed E-state index contributed by atoms with van der Waals surface area (Å²) in [4.78, 5) is 0. The molecule has 17 unspecified atom stereocenters. The SMILES string of the molecule is C[Si](C)(C)CC1=CC([Si](C)(C)[Si](C)(C)C2C=Cc3c2ccc2ccccc32)C=C1.C[Si](C)(C)CC1CCC([Si](C)(C)[Si](C)(C)C2CCC3C4CCCCC4CCC32)C1.C[Si](C)(C)CC1CCC([Si](C)(C)[Si](C)(C)C2CCC3C4CCCCC4CCC32)C1.C[Si](C)(Cl)[Si](C)(C)C1C=Cc2c1ccc1ccccc21.[CH3-].[CH3-].[Cl][Zr+2][Cl].[Li+].[Li+]. The van der Waals surface area contributed by atoms with Gasteiger partial charge in [0.1, 0.15) is 6.90 Å². The van der Waals surface area contributed by atoms with Crippen LogP contribution in [0, 0.1) is 74.0 Å². The first-order chi connectivity index (χ1) is 51.3. The Kier molecular flexibility index (Phi) is 36.8. The molecule has 15 rings (SSSR count). The second kappa shape index (κ2) is 40.8. The molecule has 0 heterocycles. The Morgan fingerprint density at radius 1 is 0.351 bits per heavy atom. The van der Waals surface area contributed by atoms with Crippen LogP contribution >= 0.6 is 28.1 Å². The fraction of sp³-hybridized carbons (Fsp3) is 0.691. The third-order valence-electron chi connectivity index (χ3n) is 35.5. The summed E-state index contributed by atoms with van der Waals surface area (Å²) in [6.45, 7) is 64.9. The van der Waals surface area contributed by atoms with E-state index in [9.17, 15) is 0 Å². The number of hydrogen-bond donors (Lipinski definition) is 0. The fourth-order valence-corrected chi connectivity index (χ4v) is 77.9. The molecule has 8 saturated carbocycles. The number of halogens is 3. The molecular weight excluding hydrogens is 1690 g/mol. The van der Waals surface area contributed by atoms with E-state index in [1.165, 1.54) is 55.4 Å². The van der Waals surface area contributed by atoms with Crippen LogP contribution in [0.3, 0.4) is 0 Å². The molecule has 11 aliphatic carbocycles. The molecule has 0 aliphatic heterocycles. The van der Waals surface area contributed by atoms with E-state index < -0.39 is 105 Å². The van der Waals surface area contributed by atoms with Gasteiger partial charge in [-0.1, -0.05) is 387 Å². The van der Waals surface area contributed by atoms with Crippen molar-refractivity contribution < 1.29 is 58.6 Å². The summed E-state index contributed by atoms with van der Waals surface area (Å²) in [5.41, 5.74) is 14.2. The molecule has 114 heavy (non-hydrogen) atoms. The molecule has 0 saturated heterocycles. The predicted octanol–water partition coefficient (Wildman–Crippen LogP) is 28.2. The molecule has 11 aliphatic rings. The summed E-state index contributed by atoms with van der Waals surface area (Å²) in [6.07, 6.45) is 52.6. The second-order valence-corrected chi connectivity index (χ2v) is 134. The zero-order valence-corrected chi connectivity index (χ0v) is 94.8. The van der Waals surface area contributed by atoms with Gasteiger partial charge in [-0.3, -0.25) is 0 Å². The Labute approximate surface area is 763 Å². The van der Waals surface area contributed by atoms with Crippen molar-refractivity contribution in [1.82, 2.24) is 0 Å². The summed E-state index contributed by atoms with van der Waals surface area (Å²) < 4.78 is 0. The Bertz CT molecular complexity index is 3810. The quantitative estimate of drug-likeness (QED) is 0.0562. The molecule has 624 valence electrons. The van der Waals surface area contributed by atoms with E-state index >= 15 is 0 Å². The standard InChI is InChI=1S/2C26H52Si3.C26H36Si3.C17H21ClSi2.2CH3.2ClH.2Li.Zr/c3*1-27(2,3)19-20-12-14-22(18-20)28(4,5)29(6,7)26-17-16-24-23-11-9-8-10-21(23)13-15-25(24)26;1-19(2,20(3,4)18)17-12-11-15-14-8-6-5-7-13(14)9-10-16(15)17;;;;;;;/h2*20-26H,8-19H2,1-7H3;8-18,22,26H,19H2,1-7H3;5-12,17H,1-4H3;2*1H3;2*1H;;;/q;;;;2*-1;;;2*+1;+4/p-2. The van der Waals surface area contributed by atoms with Crippen molar-refractivity contribution in [2.45, 2.75) is 362 Å². The maximum absolute atomic E-state index is 6.86. The van der Waals surface area contributed by atoms with Gasteiger partial charge in [-0.25, -0.2) is 0 Å². The van der Waals surface area contributed by atoms with Gasteiger partial charge in [0.2, 0.25) is 0 Å². The smallest absolute Gasteiger partial charge is 1.00 e. The van der Waals surface area contributed by atoms with Gasteiger partial charge in [0.25, 0.3) is 0 Å². The van der Waals surface area contributed by atoms with E-state index in [0.29, 0.717) is 16.6 Å². The van der Waals surface area contributed by atoms with Crippen LogP contribution in [-0.2, 0) is 20.8 Å². The van der Waals surface area contributed by atoms with Gasteiger partial charge >= 0.3 is 75.6 Å². The van der Waals surface area contributed by atoms with Gasteiger partial charge in [0, 0.05) is 54.6 Å². The minimum absolute atomic E-state index is 0. The molecule has 0 nitrogen and oxygen atoms in total. The molecule has 0 aromatic heterocycles. The van der Waals surface area contributed by atoms with Crippen molar-refractivity contribution >= 4 is 146 Å². The fourth-order valence-electron chi connectivity index (χ4n) is 26.9. The number of allylic oxidation sites excluding steroid dienone is 6. The van der Waals surface area contributed by atoms with Crippen LogP contribution in [0.2, 0.25) is 210 Å². The minimum Gasteiger partial charge on any atom is 1.00 e. The van der Waals surface area contributed by atoms with Crippen molar-refractivity contribution in [3.8, 4) is 0 Å². The van der Waals surface area contributed by atoms with Crippen LogP contribution in [0.25, 0.3) is 33.7 Å². The van der Waals surface area contributed by atoms with Gasteiger partial charge in [-0.2, -0.15) is 11.1 Å². The summed E-state index contributed by atoms with van der Waals surface area (Å²) in [5, 5.41) is 5.50. The van der Waals surface area contributed by atoms with E-state index in [-0.39, 0.29) is 52.6 Å². The van der Waals surface area contributed by atoms with Crippen LogP contribution in [0.15, 0.2) is 109 Å². The monoisotopic (exact) mass is 1850 g/mol. The normalized spacial score (nSPS) is 29.9. The maximum Gasteiger partial charge on any atom is 1.00 e. The zero-order chi connectivity index (χ0) is 80.3. The minimum atomic E-state index is -1.63. The van der Waals surface area contributed by atoms with Gasteiger partial charge in [0.15, 0.2) is 0 Å². The zero-order valence-electron chi connectivity index (χ0n) is 79.1. The molecule has 0 N–H and O–H groups in total. The van der Waals surface area contributed by atoms with E-state index in [1.54, 1.807) is 164 Å².